The van der Waals surface area contributed by atoms with E-state index in [0.717, 1.165) is 19.8 Å². The fraction of sp³-hybridized carbons (Fsp3) is 0.455. The third-order valence-corrected chi connectivity index (χ3v) is 3.14. The van der Waals surface area contributed by atoms with E-state index in [-0.39, 0.29) is 0 Å². The molecule has 1 aliphatic heterocycles. The summed E-state index contributed by atoms with van der Waals surface area (Å²) in [5.41, 5.74) is 2.56. The summed E-state index contributed by atoms with van der Waals surface area (Å²) in [6, 6.07) is 6.77. The Labute approximate surface area is 92.8 Å². The van der Waals surface area contributed by atoms with Gasteiger partial charge in [-0.2, -0.15) is 0 Å². The fourth-order valence-corrected chi connectivity index (χ4v) is 2.45. The Morgan fingerprint density at radius 2 is 2.36 bits per heavy atom. The van der Waals surface area contributed by atoms with Crippen molar-refractivity contribution in [2.24, 2.45) is 0 Å². The van der Waals surface area contributed by atoms with Crippen molar-refractivity contribution in [1.29, 1.82) is 0 Å². The number of halogens is 1. The quantitative estimate of drug-likeness (QED) is 0.833. The van der Waals surface area contributed by atoms with Gasteiger partial charge in [0.2, 0.25) is 0 Å². The van der Waals surface area contributed by atoms with Crippen LogP contribution in [0, 0.1) is 6.92 Å². The van der Waals surface area contributed by atoms with E-state index in [9.17, 15) is 0 Å². The van der Waals surface area contributed by atoms with Crippen LogP contribution in [0.3, 0.4) is 0 Å². The third kappa shape index (κ3) is 2.16. The predicted molar refractivity (Wildman–Crippen MR) is 60.4 cm³/mol. The van der Waals surface area contributed by atoms with Gasteiger partial charge in [0.1, 0.15) is 0 Å². The smallest absolute Gasteiger partial charge is 0.0662 e. The van der Waals surface area contributed by atoms with Crippen LogP contribution in [0.2, 0.25) is 0 Å². The average molecular weight is 256 g/mol. The van der Waals surface area contributed by atoms with Gasteiger partial charge in [-0.05, 0) is 24.1 Å². The molecule has 3 heteroatoms. The maximum atomic E-state index is 5.44. The Kier molecular flexibility index (Phi) is 3.21. The van der Waals surface area contributed by atoms with Gasteiger partial charge in [-0.25, -0.2) is 0 Å². The standard InChI is InChI=1S/C11H14BrNO/c1-8-2-3-9(10(12)6-8)11-7-14-5-4-13-11/h2-3,6,11,13H,4-5,7H2,1H3/t11-/m0/s1. The highest BCUT2D eigenvalue weighted by Gasteiger charge is 2.17. The van der Waals surface area contributed by atoms with Crippen molar-refractivity contribution in [3.63, 3.8) is 0 Å². The van der Waals surface area contributed by atoms with Crippen LogP contribution in [0.4, 0.5) is 0 Å². The minimum Gasteiger partial charge on any atom is -0.378 e. The Bertz CT molecular complexity index is 321. The number of morpholine rings is 1. The Balaban J connectivity index is 2.22. The molecule has 1 aromatic carbocycles. The second kappa shape index (κ2) is 4.43. The van der Waals surface area contributed by atoms with Crippen LogP contribution in [0.25, 0.3) is 0 Å². The number of nitrogens with one attached hydrogen (secondary N) is 1. The van der Waals surface area contributed by atoms with Crippen molar-refractivity contribution in [3.8, 4) is 0 Å². The minimum absolute atomic E-state index is 0.332. The van der Waals surface area contributed by atoms with Crippen molar-refractivity contribution in [2.45, 2.75) is 13.0 Å². The van der Waals surface area contributed by atoms with E-state index >= 15 is 0 Å². The summed E-state index contributed by atoms with van der Waals surface area (Å²) in [5.74, 6) is 0. The highest BCUT2D eigenvalue weighted by atomic mass is 79.9. The van der Waals surface area contributed by atoms with Crippen LogP contribution in [0.5, 0.6) is 0 Å². The molecule has 1 fully saturated rings. The lowest BCUT2D eigenvalue weighted by Crippen LogP contribution is -2.34. The molecule has 2 rings (SSSR count). The molecule has 2 nitrogen and oxygen atoms in total. The Morgan fingerprint density at radius 1 is 1.50 bits per heavy atom. The summed E-state index contributed by atoms with van der Waals surface area (Å²) in [6.45, 7) is 4.62. The molecule has 14 heavy (non-hydrogen) atoms. The molecule has 0 aromatic heterocycles. The zero-order chi connectivity index (χ0) is 9.97. The summed E-state index contributed by atoms with van der Waals surface area (Å²) in [6.07, 6.45) is 0. The molecule has 1 aromatic rings. The van der Waals surface area contributed by atoms with Crippen molar-refractivity contribution in [1.82, 2.24) is 5.32 Å². The first-order valence-corrected chi connectivity index (χ1v) is 5.64. The molecule has 76 valence electrons. The lowest BCUT2D eigenvalue weighted by molar-refractivity contribution is 0.0767. The molecule has 1 aliphatic rings. The molecule has 1 N–H and O–H groups in total. The number of aryl methyl sites for hydroxylation is 1. The maximum Gasteiger partial charge on any atom is 0.0662 e. The second-order valence-corrected chi connectivity index (χ2v) is 4.46. The molecule has 1 atom stereocenters. The number of benzene rings is 1. The van der Waals surface area contributed by atoms with Gasteiger partial charge in [0.25, 0.3) is 0 Å². The number of rotatable bonds is 1. The first-order valence-electron chi connectivity index (χ1n) is 4.84. The lowest BCUT2D eigenvalue weighted by atomic mass is 10.1. The summed E-state index contributed by atoms with van der Waals surface area (Å²) in [4.78, 5) is 0. The van der Waals surface area contributed by atoms with Crippen molar-refractivity contribution in [2.75, 3.05) is 19.8 Å². The van der Waals surface area contributed by atoms with Gasteiger partial charge < -0.3 is 10.1 Å². The Morgan fingerprint density at radius 3 is 3.00 bits per heavy atom. The third-order valence-electron chi connectivity index (χ3n) is 2.45. The fourth-order valence-electron chi connectivity index (χ4n) is 1.68. The number of hydrogen-bond donors (Lipinski definition) is 1. The van der Waals surface area contributed by atoms with E-state index in [4.69, 9.17) is 4.74 Å². The van der Waals surface area contributed by atoms with Gasteiger partial charge >= 0.3 is 0 Å². The molecule has 0 aliphatic carbocycles. The van der Waals surface area contributed by atoms with Crippen LogP contribution < -0.4 is 5.32 Å². The van der Waals surface area contributed by atoms with Gasteiger partial charge in [0.05, 0.1) is 19.3 Å². The molecule has 1 heterocycles. The van der Waals surface area contributed by atoms with Crippen molar-refractivity contribution < 1.29 is 4.74 Å². The number of ether oxygens (including phenoxy) is 1. The Hall–Kier alpha value is -0.380. The second-order valence-electron chi connectivity index (χ2n) is 3.61. The van der Waals surface area contributed by atoms with Gasteiger partial charge in [0, 0.05) is 11.0 Å². The first-order chi connectivity index (χ1) is 6.77. The molecule has 1 saturated heterocycles. The minimum atomic E-state index is 0.332. The van der Waals surface area contributed by atoms with E-state index in [1.54, 1.807) is 0 Å². The van der Waals surface area contributed by atoms with E-state index in [1.807, 2.05) is 0 Å². The van der Waals surface area contributed by atoms with Gasteiger partial charge in [-0.3, -0.25) is 0 Å². The summed E-state index contributed by atoms with van der Waals surface area (Å²) < 4.78 is 6.61. The number of hydrogen-bond acceptors (Lipinski definition) is 2. The molecule has 0 spiro atoms. The first kappa shape index (κ1) is 10.1. The molecule has 0 amide bonds. The largest absolute Gasteiger partial charge is 0.378 e. The summed E-state index contributed by atoms with van der Waals surface area (Å²) in [5, 5.41) is 3.44. The monoisotopic (exact) mass is 255 g/mol. The molecule has 0 bridgehead atoms. The lowest BCUT2D eigenvalue weighted by Gasteiger charge is -2.25. The van der Waals surface area contributed by atoms with Gasteiger partial charge in [-0.15, -0.1) is 0 Å². The molecule has 0 saturated carbocycles. The van der Waals surface area contributed by atoms with Crippen LogP contribution >= 0.6 is 15.9 Å². The highest BCUT2D eigenvalue weighted by molar-refractivity contribution is 9.10. The van der Waals surface area contributed by atoms with E-state index < -0.39 is 0 Å². The van der Waals surface area contributed by atoms with Gasteiger partial charge in [-0.1, -0.05) is 28.1 Å². The van der Waals surface area contributed by atoms with E-state index in [0.29, 0.717) is 6.04 Å². The highest BCUT2D eigenvalue weighted by Crippen LogP contribution is 2.25. The summed E-state index contributed by atoms with van der Waals surface area (Å²) >= 11 is 3.59. The zero-order valence-electron chi connectivity index (χ0n) is 8.22. The zero-order valence-corrected chi connectivity index (χ0v) is 9.80. The summed E-state index contributed by atoms with van der Waals surface area (Å²) in [7, 11) is 0. The van der Waals surface area contributed by atoms with Crippen molar-refractivity contribution >= 4 is 15.9 Å². The molecular weight excluding hydrogens is 242 g/mol. The van der Waals surface area contributed by atoms with Crippen molar-refractivity contribution in [3.05, 3.63) is 33.8 Å². The molecule has 0 radical (unpaired) electrons. The predicted octanol–water partition coefficient (Wildman–Crippen LogP) is 2.42. The molecule has 0 unspecified atom stereocenters. The normalized spacial score (nSPS) is 22.3. The van der Waals surface area contributed by atoms with E-state index in [1.165, 1.54) is 15.6 Å². The van der Waals surface area contributed by atoms with Crippen LogP contribution in [-0.4, -0.2) is 19.8 Å². The average Bonchev–Trinajstić information content (AvgIpc) is 2.19. The van der Waals surface area contributed by atoms with Crippen LogP contribution in [-0.2, 0) is 4.74 Å². The topological polar surface area (TPSA) is 21.3 Å². The van der Waals surface area contributed by atoms with Crippen LogP contribution in [0.15, 0.2) is 22.7 Å². The molecular formula is C11H14BrNO. The SMILES string of the molecule is Cc1ccc([C@@H]2COCCN2)c(Br)c1. The van der Waals surface area contributed by atoms with E-state index in [2.05, 4.69) is 46.4 Å². The van der Waals surface area contributed by atoms with Crippen LogP contribution in [0.1, 0.15) is 17.2 Å². The maximum absolute atomic E-state index is 5.44. The van der Waals surface area contributed by atoms with Gasteiger partial charge in [0.15, 0.2) is 0 Å².